The molecule has 2 aromatic rings. The topological polar surface area (TPSA) is 50.3 Å². The van der Waals surface area contributed by atoms with Gasteiger partial charge in [0.2, 0.25) is 0 Å². The SMILES string of the molecule is O=C1S/C(=C\c2ccccn2)C(=O)N1Cc1ccc(F)cc1. The number of pyridine rings is 1. The first-order valence-electron chi connectivity index (χ1n) is 6.54. The Balaban J connectivity index is 1.80. The number of thioether (sulfide) groups is 1. The minimum atomic E-state index is -0.357. The van der Waals surface area contributed by atoms with Gasteiger partial charge in [-0.05, 0) is 47.7 Å². The van der Waals surface area contributed by atoms with E-state index in [1.807, 2.05) is 6.07 Å². The molecule has 22 heavy (non-hydrogen) atoms. The minimum absolute atomic E-state index is 0.129. The van der Waals surface area contributed by atoms with Crippen LogP contribution in [0.5, 0.6) is 0 Å². The fourth-order valence-corrected chi connectivity index (χ4v) is 2.83. The Morgan fingerprint density at radius 1 is 1.14 bits per heavy atom. The predicted octanol–water partition coefficient (Wildman–Crippen LogP) is 3.46. The Morgan fingerprint density at radius 3 is 2.59 bits per heavy atom. The van der Waals surface area contributed by atoms with Gasteiger partial charge in [-0.25, -0.2) is 4.39 Å². The lowest BCUT2D eigenvalue weighted by Crippen LogP contribution is -2.27. The van der Waals surface area contributed by atoms with Crippen molar-refractivity contribution < 1.29 is 14.0 Å². The zero-order valence-electron chi connectivity index (χ0n) is 11.4. The smallest absolute Gasteiger partial charge is 0.268 e. The van der Waals surface area contributed by atoms with Gasteiger partial charge < -0.3 is 0 Å². The number of benzene rings is 1. The first-order valence-corrected chi connectivity index (χ1v) is 7.36. The Labute approximate surface area is 130 Å². The van der Waals surface area contributed by atoms with E-state index in [0.29, 0.717) is 16.2 Å². The van der Waals surface area contributed by atoms with E-state index in [0.717, 1.165) is 16.7 Å². The fourth-order valence-electron chi connectivity index (χ4n) is 2.00. The molecule has 1 aliphatic heterocycles. The molecule has 1 saturated heterocycles. The third-order valence-corrected chi connectivity index (χ3v) is 4.00. The van der Waals surface area contributed by atoms with Gasteiger partial charge in [0.1, 0.15) is 5.82 Å². The zero-order valence-corrected chi connectivity index (χ0v) is 12.2. The highest BCUT2D eigenvalue weighted by Crippen LogP contribution is 2.32. The van der Waals surface area contributed by atoms with Crippen molar-refractivity contribution in [3.05, 3.63) is 70.6 Å². The molecule has 3 rings (SSSR count). The molecule has 0 saturated carbocycles. The second kappa shape index (κ2) is 6.11. The van der Waals surface area contributed by atoms with E-state index in [2.05, 4.69) is 4.98 Å². The van der Waals surface area contributed by atoms with Gasteiger partial charge in [-0.2, -0.15) is 0 Å². The van der Waals surface area contributed by atoms with E-state index < -0.39 is 0 Å². The number of nitrogens with zero attached hydrogens (tertiary/aromatic N) is 2. The van der Waals surface area contributed by atoms with Crippen molar-refractivity contribution in [2.75, 3.05) is 0 Å². The van der Waals surface area contributed by atoms with Crippen molar-refractivity contribution in [1.82, 2.24) is 9.88 Å². The quantitative estimate of drug-likeness (QED) is 0.814. The summed E-state index contributed by atoms with van der Waals surface area (Å²) in [5.41, 5.74) is 1.32. The lowest BCUT2D eigenvalue weighted by Gasteiger charge is -2.12. The van der Waals surface area contributed by atoms with Crippen molar-refractivity contribution in [3.8, 4) is 0 Å². The highest BCUT2D eigenvalue weighted by Gasteiger charge is 2.35. The van der Waals surface area contributed by atoms with Crippen LogP contribution in [0, 0.1) is 5.82 Å². The van der Waals surface area contributed by atoms with Crippen molar-refractivity contribution in [1.29, 1.82) is 0 Å². The highest BCUT2D eigenvalue weighted by molar-refractivity contribution is 8.18. The third kappa shape index (κ3) is 3.07. The molecular weight excluding hydrogens is 303 g/mol. The van der Waals surface area contributed by atoms with Crippen LogP contribution in [0.2, 0.25) is 0 Å². The van der Waals surface area contributed by atoms with E-state index in [1.54, 1.807) is 36.5 Å². The summed E-state index contributed by atoms with van der Waals surface area (Å²) >= 11 is 0.883. The highest BCUT2D eigenvalue weighted by atomic mass is 32.2. The van der Waals surface area contributed by atoms with Gasteiger partial charge in [-0.1, -0.05) is 18.2 Å². The van der Waals surface area contributed by atoms with Gasteiger partial charge in [0, 0.05) is 6.20 Å². The van der Waals surface area contributed by atoms with Crippen LogP contribution in [0.4, 0.5) is 9.18 Å². The molecule has 0 spiro atoms. The zero-order chi connectivity index (χ0) is 15.5. The number of hydrogen-bond donors (Lipinski definition) is 0. The lowest BCUT2D eigenvalue weighted by atomic mass is 10.2. The van der Waals surface area contributed by atoms with E-state index >= 15 is 0 Å². The Morgan fingerprint density at radius 2 is 1.91 bits per heavy atom. The predicted molar refractivity (Wildman–Crippen MR) is 82.2 cm³/mol. The number of carbonyl (C=O) groups excluding carboxylic acids is 2. The second-order valence-electron chi connectivity index (χ2n) is 4.65. The van der Waals surface area contributed by atoms with Crippen LogP contribution in [0.25, 0.3) is 6.08 Å². The average molecular weight is 314 g/mol. The fraction of sp³-hybridized carbons (Fsp3) is 0.0625. The van der Waals surface area contributed by atoms with Crippen LogP contribution in [-0.4, -0.2) is 21.0 Å². The van der Waals surface area contributed by atoms with Gasteiger partial charge in [0.05, 0.1) is 17.1 Å². The van der Waals surface area contributed by atoms with Crippen LogP contribution in [0.15, 0.2) is 53.6 Å². The number of carbonyl (C=O) groups is 2. The van der Waals surface area contributed by atoms with Crippen LogP contribution in [-0.2, 0) is 11.3 Å². The molecular formula is C16H11FN2O2S. The number of imide groups is 1. The maximum atomic E-state index is 12.9. The summed E-state index contributed by atoms with van der Waals surface area (Å²) in [6.07, 6.45) is 3.21. The van der Waals surface area contributed by atoms with Crippen LogP contribution in [0.1, 0.15) is 11.3 Å². The largest absolute Gasteiger partial charge is 0.293 e. The molecule has 1 fully saturated rings. The molecule has 0 aliphatic carbocycles. The Kier molecular flexibility index (Phi) is 4.02. The summed E-state index contributed by atoms with van der Waals surface area (Å²) in [6, 6.07) is 11.1. The molecule has 1 aromatic heterocycles. The molecule has 4 nitrogen and oxygen atoms in total. The van der Waals surface area contributed by atoms with E-state index in [9.17, 15) is 14.0 Å². The molecule has 0 atom stereocenters. The normalized spacial score (nSPS) is 16.6. The van der Waals surface area contributed by atoms with Crippen LogP contribution >= 0.6 is 11.8 Å². The van der Waals surface area contributed by atoms with E-state index in [4.69, 9.17) is 0 Å². The van der Waals surface area contributed by atoms with Crippen LogP contribution in [0.3, 0.4) is 0 Å². The summed E-state index contributed by atoms with van der Waals surface area (Å²) in [5.74, 6) is -0.710. The van der Waals surface area contributed by atoms with Crippen LogP contribution < -0.4 is 0 Å². The molecule has 0 bridgehead atoms. The third-order valence-electron chi connectivity index (χ3n) is 3.09. The summed E-state index contributed by atoms with van der Waals surface area (Å²) in [4.78, 5) is 29.9. The van der Waals surface area contributed by atoms with Gasteiger partial charge in [0.15, 0.2) is 0 Å². The second-order valence-corrected chi connectivity index (χ2v) is 5.64. The van der Waals surface area contributed by atoms with Gasteiger partial charge >= 0.3 is 0 Å². The number of amides is 2. The molecule has 0 radical (unpaired) electrons. The monoisotopic (exact) mass is 314 g/mol. The standard InChI is InChI=1S/C16H11FN2O2S/c17-12-6-4-11(5-7-12)10-19-15(20)14(22-16(19)21)9-13-3-1-2-8-18-13/h1-9H,10H2/b14-9-. The van der Waals surface area contributed by atoms with E-state index in [-0.39, 0.29) is 23.5 Å². The maximum absolute atomic E-state index is 12.9. The summed E-state index contributed by atoms with van der Waals surface area (Å²) in [6.45, 7) is 0.129. The Hall–Kier alpha value is -2.47. The van der Waals surface area contributed by atoms with Gasteiger partial charge in [0.25, 0.3) is 11.1 Å². The minimum Gasteiger partial charge on any atom is -0.268 e. The first-order chi connectivity index (χ1) is 10.6. The molecule has 2 heterocycles. The van der Waals surface area contributed by atoms with E-state index in [1.165, 1.54) is 12.1 Å². The summed E-state index contributed by atoms with van der Waals surface area (Å²) in [5, 5.41) is -0.337. The maximum Gasteiger partial charge on any atom is 0.293 e. The lowest BCUT2D eigenvalue weighted by molar-refractivity contribution is -0.123. The van der Waals surface area contributed by atoms with Crippen molar-refractivity contribution in [3.63, 3.8) is 0 Å². The molecule has 2 amide bonds. The van der Waals surface area contributed by atoms with Crippen molar-refractivity contribution in [2.45, 2.75) is 6.54 Å². The number of hydrogen-bond acceptors (Lipinski definition) is 4. The molecule has 0 N–H and O–H groups in total. The Bertz CT molecular complexity index is 745. The first kappa shape index (κ1) is 14.5. The summed E-state index contributed by atoms with van der Waals surface area (Å²) < 4.78 is 12.9. The summed E-state index contributed by atoms with van der Waals surface area (Å²) in [7, 11) is 0. The van der Waals surface area contributed by atoms with Crippen molar-refractivity contribution in [2.24, 2.45) is 0 Å². The van der Waals surface area contributed by atoms with Gasteiger partial charge in [-0.15, -0.1) is 0 Å². The number of rotatable bonds is 3. The molecule has 110 valence electrons. The number of aromatic nitrogens is 1. The average Bonchev–Trinajstić information content (AvgIpc) is 2.78. The molecule has 1 aromatic carbocycles. The molecule has 1 aliphatic rings. The van der Waals surface area contributed by atoms with Crippen molar-refractivity contribution >= 4 is 29.0 Å². The number of halogens is 1. The molecule has 6 heteroatoms. The molecule has 0 unspecified atom stereocenters. The van der Waals surface area contributed by atoms with Gasteiger partial charge in [-0.3, -0.25) is 19.5 Å².